The highest BCUT2D eigenvalue weighted by Gasteiger charge is 2.22. The van der Waals surface area contributed by atoms with E-state index in [2.05, 4.69) is 10.6 Å². The second-order valence-corrected chi connectivity index (χ2v) is 5.73. The minimum Gasteiger partial charge on any atom is -0.445 e. The van der Waals surface area contributed by atoms with Crippen LogP contribution in [0.5, 0.6) is 0 Å². The number of hydrogen-bond acceptors (Lipinski definition) is 5. The summed E-state index contributed by atoms with van der Waals surface area (Å²) < 4.78 is 5.16. The van der Waals surface area contributed by atoms with Gasteiger partial charge in [0.2, 0.25) is 5.91 Å². The van der Waals surface area contributed by atoms with Gasteiger partial charge in [0.1, 0.15) is 12.6 Å². The van der Waals surface area contributed by atoms with Crippen LogP contribution in [-0.4, -0.2) is 30.5 Å². The number of carbonyl (C=O) groups is 3. The molecule has 3 amide bonds. The number of nitrogens with two attached hydrogens (primary N) is 1. The highest BCUT2D eigenvalue weighted by Crippen LogP contribution is 2.05. The molecule has 2 aromatic carbocycles. The van der Waals surface area contributed by atoms with Gasteiger partial charge in [-0.1, -0.05) is 60.7 Å². The Bertz CT molecular complexity index is 753. The lowest BCUT2D eigenvalue weighted by Crippen LogP contribution is -2.50. The number of rotatable bonds is 8. The Labute approximate surface area is 157 Å². The van der Waals surface area contributed by atoms with Crippen LogP contribution in [0.3, 0.4) is 0 Å². The Hall–Kier alpha value is -3.39. The standard InChI is InChI=1S/C19H22N4O4/c20-23-17(24)12-21-18(25)16(11-14-7-3-1-4-8-14)22-19(26)27-13-15-9-5-2-6-10-15/h1-10,16H,11-13,20H2,(H,21,25)(H,22,26)(H,23,24). The molecule has 0 bridgehead atoms. The van der Waals surface area contributed by atoms with Crippen LogP contribution in [0.15, 0.2) is 60.7 Å². The molecular weight excluding hydrogens is 348 g/mol. The van der Waals surface area contributed by atoms with Gasteiger partial charge in [0.15, 0.2) is 0 Å². The fraction of sp³-hybridized carbons (Fsp3) is 0.211. The summed E-state index contributed by atoms with van der Waals surface area (Å²) in [6, 6.07) is 17.5. The predicted octanol–water partition coefficient (Wildman–Crippen LogP) is 0.630. The van der Waals surface area contributed by atoms with E-state index in [0.717, 1.165) is 11.1 Å². The predicted molar refractivity (Wildman–Crippen MR) is 99.0 cm³/mol. The topological polar surface area (TPSA) is 123 Å². The zero-order valence-corrected chi connectivity index (χ0v) is 14.7. The first-order chi connectivity index (χ1) is 13.1. The van der Waals surface area contributed by atoms with Crippen LogP contribution in [0.25, 0.3) is 0 Å². The third-order valence-corrected chi connectivity index (χ3v) is 3.69. The summed E-state index contributed by atoms with van der Waals surface area (Å²) in [5, 5.41) is 4.97. The zero-order valence-electron chi connectivity index (χ0n) is 14.7. The van der Waals surface area contributed by atoms with Gasteiger partial charge in [-0.2, -0.15) is 0 Å². The fourth-order valence-electron chi connectivity index (χ4n) is 2.31. The quantitative estimate of drug-likeness (QED) is 0.308. The van der Waals surface area contributed by atoms with Crippen molar-refractivity contribution in [1.29, 1.82) is 0 Å². The van der Waals surface area contributed by atoms with Crippen molar-refractivity contribution in [2.45, 2.75) is 19.1 Å². The third-order valence-electron chi connectivity index (χ3n) is 3.69. The second-order valence-electron chi connectivity index (χ2n) is 5.73. The molecule has 0 aliphatic carbocycles. The molecule has 8 nitrogen and oxygen atoms in total. The molecule has 0 saturated carbocycles. The average Bonchev–Trinajstić information content (AvgIpc) is 2.71. The van der Waals surface area contributed by atoms with Crippen LogP contribution < -0.4 is 21.9 Å². The highest BCUT2D eigenvalue weighted by atomic mass is 16.5. The lowest BCUT2D eigenvalue weighted by Gasteiger charge is -2.18. The van der Waals surface area contributed by atoms with E-state index in [1.54, 1.807) is 0 Å². The van der Waals surface area contributed by atoms with Crippen LogP contribution in [0.1, 0.15) is 11.1 Å². The zero-order chi connectivity index (χ0) is 19.5. The number of amides is 3. The van der Waals surface area contributed by atoms with E-state index < -0.39 is 23.9 Å². The monoisotopic (exact) mass is 370 g/mol. The Balaban J connectivity index is 1.96. The highest BCUT2D eigenvalue weighted by molar-refractivity contribution is 5.89. The summed E-state index contributed by atoms with van der Waals surface area (Å²) in [4.78, 5) is 35.7. The number of alkyl carbamates (subject to hydrolysis) is 1. The number of ether oxygens (including phenoxy) is 1. The van der Waals surface area contributed by atoms with Gasteiger partial charge >= 0.3 is 6.09 Å². The lowest BCUT2D eigenvalue weighted by molar-refractivity contribution is -0.127. The van der Waals surface area contributed by atoms with E-state index in [0.29, 0.717) is 0 Å². The van der Waals surface area contributed by atoms with Crippen molar-refractivity contribution >= 4 is 17.9 Å². The Morgan fingerprint density at radius 1 is 0.926 bits per heavy atom. The van der Waals surface area contributed by atoms with Crippen LogP contribution in [0.2, 0.25) is 0 Å². The SMILES string of the molecule is NNC(=O)CNC(=O)C(Cc1ccccc1)NC(=O)OCc1ccccc1. The molecule has 27 heavy (non-hydrogen) atoms. The molecule has 8 heteroatoms. The van der Waals surface area contributed by atoms with Crippen molar-refractivity contribution < 1.29 is 19.1 Å². The van der Waals surface area contributed by atoms with Gasteiger partial charge < -0.3 is 15.4 Å². The number of hydrazine groups is 1. The van der Waals surface area contributed by atoms with Crippen LogP contribution in [0, 0.1) is 0 Å². The molecule has 0 heterocycles. The Morgan fingerprint density at radius 3 is 2.11 bits per heavy atom. The number of benzene rings is 2. The van der Waals surface area contributed by atoms with Gasteiger partial charge in [0.25, 0.3) is 5.91 Å². The molecule has 2 aromatic rings. The molecule has 1 atom stereocenters. The summed E-state index contributed by atoms with van der Waals surface area (Å²) >= 11 is 0. The van der Waals surface area contributed by atoms with Crippen LogP contribution in [-0.2, 0) is 27.4 Å². The maximum absolute atomic E-state index is 12.4. The van der Waals surface area contributed by atoms with Crippen LogP contribution >= 0.6 is 0 Å². The van der Waals surface area contributed by atoms with Crippen LogP contribution in [0.4, 0.5) is 4.79 Å². The molecule has 0 radical (unpaired) electrons. The van der Waals surface area contributed by atoms with E-state index in [9.17, 15) is 14.4 Å². The summed E-state index contributed by atoms with van der Waals surface area (Å²) in [5.41, 5.74) is 3.60. The Kier molecular flexibility index (Phi) is 7.80. The summed E-state index contributed by atoms with van der Waals surface area (Å²) in [6.45, 7) is -0.205. The third kappa shape index (κ3) is 7.17. The molecule has 0 aromatic heterocycles. The normalized spacial score (nSPS) is 11.1. The summed E-state index contributed by atoms with van der Waals surface area (Å²) in [6.07, 6.45) is -0.477. The maximum Gasteiger partial charge on any atom is 0.408 e. The number of hydrogen-bond donors (Lipinski definition) is 4. The molecular formula is C19H22N4O4. The first-order valence-corrected chi connectivity index (χ1v) is 8.37. The smallest absolute Gasteiger partial charge is 0.408 e. The molecule has 142 valence electrons. The van der Waals surface area contributed by atoms with Gasteiger partial charge in [0.05, 0.1) is 6.54 Å². The fourth-order valence-corrected chi connectivity index (χ4v) is 2.31. The lowest BCUT2D eigenvalue weighted by atomic mass is 10.1. The van der Waals surface area contributed by atoms with Gasteiger partial charge in [-0.15, -0.1) is 0 Å². The van der Waals surface area contributed by atoms with Crippen molar-refractivity contribution in [1.82, 2.24) is 16.1 Å². The second kappa shape index (κ2) is 10.6. The van der Waals surface area contributed by atoms with Crippen molar-refractivity contribution in [2.75, 3.05) is 6.54 Å². The van der Waals surface area contributed by atoms with E-state index in [4.69, 9.17) is 10.6 Å². The number of carbonyl (C=O) groups excluding carboxylic acids is 3. The molecule has 0 saturated heterocycles. The molecule has 5 N–H and O–H groups in total. The van der Waals surface area contributed by atoms with Gasteiger partial charge in [-0.25, -0.2) is 10.6 Å². The summed E-state index contributed by atoms with van der Waals surface area (Å²) in [7, 11) is 0. The molecule has 0 aliphatic heterocycles. The summed E-state index contributed by atoms with van der Waals surface area (Å²) in [5.74, 6) is 3.93. The molecule has 0 aliphatic rings. The van der Waals surface area contributed by atoms with Crippen molar-refractivity contribution in [2.24, 2.45) is 5.84 Å². The first-order valence-electron chi connectivity index (χ1n) is 8.37. The minimum atomic E-state index is -0.902. The maximum atomic E-state index is 12.4. The van der Waals surface area contributed by atoms with Gasteiger partial charge in [0, 0.05) is 6.42 Å². The largest absolute Gasteiger partial charge is 0.445 e. The Morgan fingerprint density at radius 2 is 1.52 bits per heavy atom. The van der Waals surface area contributed by atoms with Gasteiger partial charge in [-0.05, 0) is 11.1 Å². The minimum absolute atomic E-state index is 0.0852. The molecule has 1 unspecified atom stereocenters. The first kappa shape index (κ1) is 19.9. The van der Waals surface area contributed by atoms with Crippen molar-refractivity contribution in [3.8, 4) is 0 Å². The van der Waals surface area contributed by atoms with E-state index in [1.807, 2.05) is 66.1 Å². The van der Waals surface area contributed by atoms with Crippen molar-refractivity contribution in [3.05, 3.63) is 71.8 Å². The molecule has 2 rings (SSSR count). The average molecular weight is 370 g/mol. The molecule has 0 spiro atoms. The van der Waals surface area contributed by atoms with E-state index in [-0.39, 0.29) is 19.6 Å². The molecule has 0 fully saturated rings. The number of nitrogens with one attached hydrogen (secondary N) is 3. The van der Waals surface area contributed by atoms with E-state index >= 15 is 0 Å². The van der Waals surface area contributed by atoms with Gasteiger partial charge in [-0.3, -0.25) is 15.0 Å². The van der Waals surface area contributed by atoms with E-state index in [1.165, 1.54) is 0 Å². The van der Waals surface area contributed by atoms with Crippen molar-refractivity contribution in [3.63, 3.8) is 0 Å².